The first-order valence-corrected chi connectivity index (χ1v) is 7.97. The van der Waals surface area contributed by atoms with Gasteiger partial charge in [0.05, 0.1) is 6.10 Å². The van der Waals surface area contributed by atoms with Gasteiger partial charge in [-0.25, -0.2) is 0 Å². The maximum Gasteiger partial charge on any atom is 0.0658 e. The third-order valence-electron chi connectivity index (χ3n) is 5.48. The molecule has 106 valence electrons. The fraction of sp³-hybridized carbons (Fsp3) is 1.00. The fourth-order valence-electron chi connectivity index (χ4n) is 3.88. The average Bonchev–Trinajstić information content (AvgIpc) is 2.36. The van der Waals surface area contributed by atoms with Crippen LogP contribution in [0.1, 0.15) is 66.2 Å². The highest BCUT2D eigenvalue weighted by molar-refractivity contribution is 5.05. The Bertz CT molecular complexity index is 268. The lowest BCUT2D eigenvalue weighted by molar-refractivity contribution is -0.129. The highest BCUT2D eigenvalue weighted by Crippen LogP contribution is 2.46. The zero-order valence-electron chi connectivity index (χ0n) is 12.7. The minimum absolute atomic E-state index is 0.358. The van der Waals surface area contributed by atoms with Gasteiger partial charge in [-0.1, -0.05) is 33.6 Å². The lowest BCUT2D eigenvalue weighted by atomic mass is 9.61. The van der Waals surface area contributed by atoms with Crippen molar-refractivity contribution >= 4 is 0 Å². The Morgan fingerprint density at radius 3 is 2.61 bits per heavy atom. The Hall–Kier alpha value is -0.0800. The van der Waals surface area contributed by atoms with Crippen molar-refractivity contribution in [2.75, 3.05) is 6.61 Å². The van der Waals surface area contributed by atoms with Crippen molar-refractivity contribution < 1.29 is 4.74 Å². The summed E-state index contributed by atoms with van der Waals surface area (Å²) >= 11 is 0. The Morgan fingerprint density at radius 1 is 1.22 bits per heavy atom. The minimum atomic E-state index is 0.358. The van der Waals surface area contributed by atoms with Crippen molar-refractivity contribution in [3.05, 3.63) is 0 Å². The molecule has 18 heavy (non-hydrogen) atoms. The largest absolute Gasteiger partial charge is 0.378 e. The quantitative estimate of drug-likeness (QED) is 0.805. The van der Waals surface area contributed by atoms with E-state index in [0.29, 0.717) is 17.6 Å². The molecule has 0 spiro atoms. The minimum Gasteiger partial charge on any atom is -0.378 e. The van der Waals surface area contributed by atoms with Gasteiger partial charge in [0.1, 0.15) is 0 Å². The predicted molar refractivity (Wildman–Crippen MR) is 76.8 cm³/mol. The molecular weight excluding hydrogens is 222 g/mol. The molecule has 1 N–H and O–H groups in total. The average molecular weight is 253 g/mol. The van der Waals surface area contributed by atoms with Crippen LogP contribution < -0.4 is 5.32 Å². The van der Waals surface area contributed by atoms with Gasteiger partial charge in [0.2, 0.25) is 0 Å². The van der Waals surface area contributed by atoms with E-state index in [-0.39, 0.29) is 0 Å². The summed E-state index contributed by atoms with van der Waals surface area (Å²) in [4.78, 5) is 0. The molecule has 0 saturated heterocycles. The molecule has 0 aromatic heterocycles. The van der Waals surface area contributed by atoms with Crippen LogP contribution in [0.5, 0.6) is 0 Å². The summed E-state index contributed by atoms with van der Waals surface area (Å²) in [6.45, 7) is 10.1. The van der Waals surface area contributed by atoms with Crippen molar-refractivity contribution in [3.8, 4) is 0 Å². The molecule has 0 radical (unpaired) electrons. The van der Waals surface area contributed by atoms with Gasteiger partial charge >= 0.3 is 0 Å². The van der Waals surface area contributed by atoms with E-state index in [4.69, 9.17) is 4.74 Å². The first kappa shape index (κ1) is 14.3. The van der Waals surface area contributed by atoms with E-state index in [1.807, 2.05) is 0 Å². The molecule has 0 amide bonds. The Balaban J connectivity index is 1.86. The Morgan fingerprint density at radius 2 is 2.00 bits per heavy atom. The topological polar surface area (TPSA) is 21.3 Å². The van der Waals surface area contributed by atoms with Crippen LogP contribution in [0.4, 0.5) is 0 Å². The summed E-state index contributed by atoms with van der Waals surface area (Å²) in [6, 6.07) is 1.43. The molecule has 2 aliphatic rings. The van der Waals surface area contributed by atoms with Crippen molar-refractivity contribution in [1.82, 2.24) is 5.32 Å². The fourth-order valence-corrected chi connectivity index (χ4v) is 3.88. The lowest BCUT2D eigenvalue weighted by Crippen LogP contribution is -2.64. The second kappa shape index (κ2) is 5.92. The zero-order valence-corrected chi connectivity index (χ0v) is 12.7. The van der Waals surface area contributed by atoms with E-state index < -0.39 is 0 Å². The number of ether oxygens (including phenoxy) is 1. The molecule has 2 rings (SSSR count). The van der Waals surface area contributed by atoms with Crippen LogP contribution in [0.3, 0.4) is 0 Å². The molecule has 0 heterocycles. The van der Waals surface area contributed by atoms with E-state index in [9.17, 15) is 0 Å². The van der Waals surface area contributed by atoms with Gasteiger partial charge in [0, 0.05) is 24.1 Å². The molecule has 0 bridgehead atoms. The first-order chi connectivity index (χ1) is 8.60. The van der Waals surface area contributed by atoms with Crippen LogP contribution in [0.2, 0.25) is 0 Å². The van der Waals surface area contributed by atoms with Gasteiger partial charge in [-0.05, 0) is 38.5 Å². The molecular formula is C16H31NO. The van der Waals surface area contributed by atoms with E-state index in [2.05, 4.69) is 33.0 Å². The molecule has 5 unspecified atom stereocenters. The molecule has 2 heteroatoms. The molecule has 0 aromatic carbocycles. The monoisotopic (exact) mass is 253 g/mol. The van der Waals surface area contributed by atoms with E-state index in [0.717, 1.165) is 18.6 Å². The van der Waals surface area contributed by atoms with Gasteiger partial charge in [-0.2, -0.15) is 0 Å². The summed E-state index contributed by atoms with van der Waals surface area (Å²) in [6.07, 6.45) is 8.49. The van der Waals surface area contributed by atoms with Gasteiger partial charge < -0.3 is 10.1 Å². The van der Waals surface area contributed by atoms with Gasteiger partial charge in [-0.15, -0.1) is 0 Å². The third-order valence-corrected chi connectivity index (χ3v) is 5.48. The normalized spacial score (nSPS) is 44.7. The Labute approximate surface area is 113 Å². The Kier molecular flexibility index (Phi) is 4.71. The van der Waals surface area contributed by atoms with Crippen molar-refractivity contribution in [2.45, 2.75) is 84.4 Å². The van der Waals surface area contributed by atoms with E-state index >= 15 is 0 Å². The second-order valence-corrected chi connectivity index (χ2v) is 6.73. The SMILES string of the molecule is CCOC1CC(NC2CCCC(C)C2)C1(C)CC. The summed E-state index contributed by atoms with van der Waals surface area (Å²) in [5.74, 6) is 0.909. The number of rotatable bonds is 5. The number of hydrogen-bond donors (Lipinski definition) is 1. The molecule has 0 aliphatic heterocycles. The molecule has 2 nitrogen and oxygen atoms in total. The van der Waals surface area contributed by atoms with Crippen LogP contribution in [0.25, 0.3) is 0 Å². The van der Waals surface area contributed by atoms with Crippen LogP contribution in [0.15, 0.2) is 0 Å². The zero-order chi connectivity index (χ0) is 13.2. The number of hydrogen-bond acceptors (Lipinski definition) is 2. The standard InChI is InChI=1S/C16H31NO/c1-5-16(4)14(11-15(16)18-6-2)17-13-9-7-8-12(3)10-13/h12-15,17H,5-11H2,1-4H3. The highest BCUT2D eigenvalue weighted by atomic mass is 16.5. The van der Waals surface area contributed by atoms with Crippen molar-refractivity contribution in [2.24, 2.45) is 11.3 Å². The summed E-state index contributed by atoms with van der Waals surface area (Å²) in [5, 5.41) is 3.94. The van der Waals surface area contributed by atoms with E-state index in [1.54, 1.807) is 0 Å². The van der Waals surface area contributed by atoms with Gasteiger partial charge in [-0.3, -0.25) is 0 Å². The van der Waals surface area contributed by atoms with Gasteiger partial charge in [0.15, 0.2) is 0 Å². The molecule has 2 saturated carbocycles. The van der Waals surface area contributed by atoms with Crippen LogP contribution >= 0.6 is 0 Å². The first-order valence-electron chi connectivity index (χ1n) is 7.97. The van der Waals surface area contributed by atoms with Crippen LogP contribution in [-0.4, -0.2) is 24.8 Å². The number of nitrogens with one attached hydrogen (secondary N) is 1. The molecule has 2 aliphatic carbocycles. The van der Waals surface area contributed by atoms with Gasteiger partial charge in [0.25, 0.3) is 0 Å². The van der Waals surface area contributed by atoms with Crippen LogP contribution in [-0.2, 0) is 4.74 Å². The smallest absolute Gasteiger partial charge is 0.0658 e. The highest BCUT2D eigenvalue weighted by Gasteiger charge is 2.51. The molecule has 5 atom stereocenters. The predicted octanol–water partition coefficient (Wildman–Crippen LogP) is 3.75. The maximum atomic E-state index is 5.88. The third kappa shape index (κ3) is 2.75. The summed E-state index contributed by atoms with van der Waals surface area (Å²) < 4.78 is 5.88. The molecule has 0 aromatic rings. The summed E-state index contributed by atoms with van der Waals surface area (Å²) in [7, 11) is 0. The van der Waals surface area contributed by atoms with E-state index in [1.165, 1.54) is 38.5 Å². The lowest BCUT2D eigenvalue weighted by Gasteiger charge is -2.55. The molecule has 2 fully saturated rings. The second-order valence-electron chi connectivity index (χ2n) is 6.73. The van der Waals surface area contributed by atoms with Crippen LogP contribution in [0, 0.1) is 11.3 Å². The van der Waals surface area contributed by atoms with Crippen molar-refractivity contribution in [3.63, 3.8) is 0 Å². The summed E-state index contributed by atoms with van der Waals surface area (Å²) in [5.41, 5.74) is 0.358. The maximum absolute atomic E-state index is 5.88. The van der Waals surface area contributed by atoms with Crippen molar-refractivity contribution in [1.29, 1.82) is 0 Å².